The Labute approximate surface area is 141 Å². The van der Waals surface area contributed by atoms with Crippen molar-refractivity contribution in [2.45, 2.75) is 45.6 Å². The molecule has 2 aromatic heterocycles. The van der Waals surface area contributed by atoms with Gasteiger partial charge < -0.3 is 14.7 Å². The number of hydrogen-bond acceptors (Lipinski definition) is 6. The molecule has 1 aliphatic rings. The molecule has 0 aromatic carbocycles. The molecule has 0 aliphatic carbocycles. The molecular weight excluding hydrogens is 306 g/mol. The molecule has 0 bridgehead atoms. The SMILES string of the molecule is CNc1cncc([C@H]2CCCN2C(=O)CCc2c(C)noc2C)n1. The zero-order chi connectivity index (χ0) is 17.1. The summed E-state index contributed by atoms with van der Waals surface area (Å²) in [4.78, 5) is 23.4. The van der Waals surface area contributed by atoms with Crippen LogP contribution in [0.5, 0.6) is 0 Å². The topological polar surface area (TPSA) is 84.2 Å². The van der Waals surface area contributed by atoms with Crippen LogP contribution >= 0.6 is 0 Å². The van der Waals surface area contributed by atoms with Crippen LogP contribution in [0.25, 0.3) is 0 Å². The Bertz CT molecular complexity index is 708. The Morgan fingerprint density at radius 3 is 2.96 bits per heavy atom. The van der Waals surface area contributed by atoms with Gasteiger partial charge in [-0.2, -0.15) is 0 Å². The van der Waals surface area contributed by atoms with Crippen molar-refractivity contribution in [1.29, 1.82) is 0 Å². The molecule has 1 N–H and O–H groups in total. The summed E-state index contributed by atoms with van der Waals surface area (Å²) in [5.74, 6) is 1.67. The molecule has 1 amide bonds. The quantitative estimate of drug-likeness (QED) is 0.907. The van der Waals surface area contributed by atoms with Gasteiger partial charge in [-0.25, -0.2) is 4.98 Å². The van der Waals surface area contributed by atoms with Crippen molar-refractivity contribution in [3.63, 3.8) is 0 Å². The molecule has 0 spiro atoms. The number of rotatable bonds is 5. The summed E-state index contributed by atoms with van der Waals surface area (Å²) >= 11 is 0. The van der Waals surface area contributed by atoms with E-state index in [2.05, 4.69) is 20.4 Å². The Morgan fingerprint density at radius 1 is 1.42 bits per heavy atom. The molecule has 128 valence electrons. The number of aromatic nitrogens is 3. The second-order valence-electron chi connectivity index (χ2n) is 6.13. The third kappa shape index (κ3) is 3.25. The van der Waals surface area contributed by atoms with Crippen molar-refractivity contribution in [3.8, 4) is 0 Å². The van der Waals surface area contributed by atoms with Crippen molar-refractivity contribution in [1.82, 2.24) is 20.0 Å². The predicted molar refractivity (Wildman–Crippen MR) is 89.6 cm³/mol. The zero-order valence-corrected chi connectivity index (χ0v) is 14.4. The van der Waals surface area contributed by atoms with Crippen LogP contribution in [0, 0.1) is 13.8 Å². The van der Waals surface area contributed by atoms with Gasteiger partial charge in [0.2, 0.25) is 5.91 Å². The maximum absolute atomic E-state index is 12.7. The van der Waals surface area contributed by atoms with E-state index >= 15 is 0 Å². The summed E-state index contributed by atoms with van der Waals surface area (Å²) in [5, 5.41) is 6.94. The van der Waals surface area contributed by atoms with Gasteiger partial charge in [-0.3, -0.25) is 9.78 Å². The Kier molecular flexibility index (Phi) is 4.78. The fraction of sp³-hybridized carbons (Fsp3) is 0.529. The van der Waals surface area contributed by atoms with E-state index in [-0.39, 0.29) is 11.9 Å². The maximum Gasteiger partial charge on any atom is 0.223 e. The van der Waals surface area contributed by atoms with E-state index in [1.165, 1.54) is 0 Å². The first-order valence-corrected chi connectivity index (χ1v) is 8.31. The van der Waals surface area contributed by atoms with E-state index in [0.29, 0.717) is 12.8 Å². The lowest BCUT2D eigenvalue weighted by Crippen LogP contribution is -2.31. The van der Waals surface area contributed by atoms with Crippen LogP contribution in [0.2, 0.25) is 0 Å². The van der Waals surface area contributed by atoms with Crippen molar-refractivity contribution in [2.75, 3.05) is 18.9 Å². The number of nitrogens with zero attached hydrogens (tertiary/aromatic N) is 4. The summed E-state index contributed by atoms with van der Waals surface area (Å²) < 4.78 is 5.17. The van der Waals surface area contributed by atoms with Crippen molar-refractivity contribution in [3.05, 3.63) is 35.1 Å². The van der Waals surface area contributed by atoms with Gasteiger partial charge in [-0.15, -0.1) is 0 Å². The molecule has 1 aliphatic heterocycles. The highest BCUT2D eigenvalue weighted by molar-refractivity contribution is 5.77. The molecule has 7 nitrogen and oxygen atoms in total. The van der Waals surface area contributed by atoms with Gasteiger partial charge >= 0.3 is 0 Å². The van der Waals surface area contributed by atoms with E-state index in [1.54, 1.807) is 12.4 Å². The van der Waals surface area contributed by atoms with Crippen LogP contribution in [-0.4, -0.2) is 39.5 Å². The highest BCUT2D eigenvalue weighted by Crippen LogP contribution is 2.31. The van der Waals surface area contributed by atoms with Gasteiger partial charge in [-0.05, 0) is 33.1 Å². The minimum atomic E-state index is 0.0166. The molecule has 1 saturated heterocycles. The predicted octanol–water partition coefficient (Wildman–Crippen LogP) is 2.42. The average Bonchev–Trinajstić information content (AvgIpc) is 3.20. The van der Waals surface area contributed by atoms with Crippen molar-refractivity contribution >= 4 is 11.7 Å². The van der Waals surface area contributed by atoms with Gasteiger partial charge in [0.25, 0.3) is 0 Å². The number of nitrogens with one attached hydrogen (secondary N) is 1. The summed E-state index contributed by atoms with van der Waals surface area (Å²) in [7, 11) is 1.81. The standard InChI is InChI=1S/C17H23N5O2/c1-11-13(12(2)24-21-11)6-7-17(23)22-8-4-5-15(22)14-9-19-10-16(18-3)20-14/h9-10,15H,4-8H2,1-3H3,(H,18,20)/t15-/m1/s1. The van der Waals surface area contributed by atoms with Gasteiger partial charge in [0.15, 0.2) is 0 Å². The second kappa shape index (κ2) is 6.98. The summed E-state index contributed by atoms with van der Waals surface area (Å²) in [6, 6.07) is 0.0166. The highest BCUT2D eigenvalue weighted by Gasteiger charge is 2.31. The van der Waals surface area contributed by atoms with Gasteiger partial charge in [0.05, 0.1) is 29.8 Å². The highest BCUT2D eigenvalue weighted by atomic mass is 16.5. The van der Waals surface area contributed by atoms with Gasteiger partial charge in [0, 0.05) is 25.6 Å². The Hall–Kier alpha value is -2.44. The molecule has 0 saturated carbocycles. The average molecular weight is 329 g/mol. The molecule has 3 heterocycles. The van der Waals surface area contributed by atoms with Crippen LogP contribution in [0.15, 0.2) is 16.9 Å². The fourth-order valence-corrected chi connectivity index (χ4v) is 3.27. The molecule has 2 aromatic rings. The number of amides is 1. The molecule has 24 heavy (non-hydrogen) atoms. The minimum Gasteiger partial charge on any atom is -0.372 e. The Balaban J connectivity index is 1.69. The number of likely N-dealkylation sites (tertiary alicyclic amines) is 1. The Morgan fingerprint density at radius 2 is 2.25 bits per heavy atom. The summed E-state index contributed by atoms with van der Waals surface area (Å²) in [5.41, 5.74) is 2.76. The number of carbonyl (C=O) groups excluding carboxylic acids is 1. The summed E-state index contributed by atoms with van der Waals surface area (Å²) in [6.45, 7) is 4.57. The van der Waals surface area contributed by atoms with Crippen LogP contribution in [0.4, 0.5) is 5.82 Å². The smallest absolute Gasteiger partial charge is 0.223 e. The van der Waals surface area contributed by atoms with E-state index < -0.39 is 0 Å². The largest absolute Gasteiger partial charge is 0.372 e. The molecule has 0 radical (unpaired) electrons. The van der Waals surface area contributed by atoms with Crippen molar-refractivity contribution in [2.24, 2.45) is 0 Å². The summed E-state index contributed by atoms with van der Waals surface area (Å²) in [6.07, 6.45) is 6.48. The normalized spacial score (nSPS) is 17.3. The van der Waals surface area contributed by atoms with E-state index in [0.717, 1.165) is 47.9 Å². The monoisotopic (exact) mass is 329 g/mol. The molecule has 1 atom stereocenters. The minimum absolute atomic E-state index is 0.0166. The lowest BCUT2D eigenvalue weighted by atomic mass is 10.1. The van der Waals surface area contributed by atoms with Crippen LogP contribution in [0.3, 0.4) is 0 Å². The van der Waals surface area contributed by atoms with E-state index in [4.69, 9.17) is 4.52 Å². The molecule has 3 rings (SSSR count). The molecular formula is C17H23N5O2. The zero-order valence-electron chi connectivity index (χ0n) is 14.4. The third-order valence-corrected chi connectivity index (χ3v) is 4.59. The molecule has 1 fully saturated rings. The van der Waals surface area contributed by atoms with Gasteiger partial charge in [0.1, 0.15) is 11.6 Å². The third-order valence-electron chi connectivity index (χ3n) is 4.59. The van der Waals surface area contributed by atoms with E-state index in [9.17, 15) is 4.79 Å². The lowest BCUT2D eigenvalue weighted by Gasteiger charge is -2.24. The first-order chi connectivity index (χ1) is 11.6. The fourth-order valence-electron chi connectivity index (χ4n) is 3.27. The lowest BCUT2D eigenvalue weighted by molar-refractivity contribution is -0.132. The number of carbonyl (C=O) groups is 1. The molecule has 0 unspecified atom stereocenters. The first kappa shape index (κ1) is 16.4. The van der Waals surface area contributed by atoms with Crippen LogP contribution < -0.4 is 5.32 Å². The van der Waals surface area contributed by atoms with Crippen molar-refractivity contribution < 1.29 is 9.32 Å². The first-order valence-electron chi connectivity index (χ1n) is 8.31. The van der Waals surface area contributed by atoms with E-state index in [1.807, 2.05) is 25.8 Å². The number of hydrogen-bond donors (Lipinski definition) is 1. The molecule has 7 heteroatoms. The number of anilines is 1. The van der Waals surface area contributed by atoms with Gasteiger partial charge in [-0.1, -0.05) is 5.16 Å². The van der Waals surface area contributed by atoms with Crippen LogP contribution in [-0.2, 0) is 11.2 Å². The van der Waals surface area contributed by atoms with Crippen LogP contribution in [0.1, 0.15) is 48.0 Å². The number of aryl methyl sites for hydroxylation is 2. The second-order valence-corrected chi connectivity index (χ2v) is 6.13. The maximum atomic E-state index is 12.7.